The summed E-state index contributed by atoms with van der Waals surface area (Å²) in [5.41, 5.74) is 0.929. The van der Waals surface area contributed by atoms with E-state index in [1.54, 1.807) is 12.1 Å². The second kappa shape index (κ2) is 6.00. The molecular weight excluding hydrogens is 362 g/mol. The maximum atomic E-state index is 12.2. The highest BCUT2D eigenvalue weighted by molar-refractivity contribution is 9.10. The van der Waals surface area contributed by atoms with Crippen molar-refractivity contribution in [2.45, 2.75) is 18.4 Å². The van der Waals surface area contributed by atoms with Crippen LogP contribution in [0.2, 0.25) is 0 Å². The van der Waals surface area contributed by atoms with Gasteiger partial charge in [0.25, 0.3) is 0 Å². The van der Waals surface area contributed by atoms with E-state index >= 15 is 0 Å². The maximum absolute atomic E-state index is 12.2. The molecule has 0 unspecified atom stereocenters. The zero-order valence-electron chi connectivity index (χ0n) is 11.0. The molecule has 0 aliphatic rings. The van der Waals surface area contributed by atoms with Gasteiger partial charge in [-0.05, 0) is 52.7 Å². The molecule has 2 N–H and O–H groups in total. The van der Waals surface area contributed by atoms with E-state index in [1.807, 2.05) is 6.92 Å². The molecule has 8 heteroatoms. The van der Waals surface area contributed by atoms with Crippen LogP contribution in [0.25, 0.3) is 0 Å². The molecule has 0 aliphatic carbocycles. The summed E-state index contributed by atoms with van der Waals surface area (Å²) in [6.45, 7) is 1.72. The van der Waals surface area contributed by atoms with Crippen LogP contribution in [0.1, 0.15) is 21.9 Å². The zero-order chi connectivity index (χ0) is 15.6. The van der Waals surface area contributed by atoms with Gasteiger partial charge in [-0.25, -0.2) is 17.9 Å². The standard InChI is InChI=1S/C13H12BrNO5S/c1-8-2-5-12(10(14)6-8)21(18,19)15-7-9-3-4-11(20-9)13(16)17/h2-6,15H,7H2,1H3,(H,16,17). The Morgan fingerprint density at radius 2 is 2.05 bits per heavy atom. The van der Waals surface area contributed by atoms with Crippen molar-refractivity contribution in [3.05, 3.63) is 51.9 Å². The average Bonchev–Trinajstić information content (AvgIpc) is 2.85. The van der Waals surface area contributed by atoms with Gasteiger partial charge >= 0.3 is 5.97 Å². The molecule has 0 atom stereocenters. The van der Waals surface area contributed by atoms with Crippen LogP contribution in [0, 0.1) is 6.92 Å². The lowest BCUT2D eigenvalue weighted by Crippen LogP contribution is -2.23. The molecule has 1 aromatic carbocycles. The van der Waals surface area contributed by atoms with Crippen molar-refractivity contribution in [3.63, 3.8) is 0 Å². The normalized spacial score (nSPS) is 11.5. The fraction of sp³-hybridized carbons (Fsp3) is 0.154. The molecule has 0 saturated carbocycles. The number of halogens is 1. The van der Waals surface area contributed by atoms with Gasteiger partial charge in [0, 0.05) is 4.47 Å². The van der Waals surface area contributed by atoms with Crippen LogP contribution in [0.5, 0.6) is 0 Å². The van der Waals surface area contributed by atoms with E-state index in [9.17, 15) is 13.2 Å². The van der Waals surface area contributed by atoms with Crippen LogP contribution in [0.3, 0.4) is 0 Å². The second-order valence-electron chi connectivity index (χ2n) is 4.33. The molecule has 1 heterocycles. The van der Waals surface area contributed by atoms with Crippen LogP contribution >= 0.6 is 15.9 Å². The predicted octanol–water partition coefficient (Wildman–Crippen LogP) is 2.53. The Morgan fingerprint density at radius 1 is 1.33 bits per heavy atom. The average molecular weight is 374 g/mol. The molecule has 0 aliphatic heterocycles. The fourth-order valence-electron chi connectivity index (χ4n) is 1.66. The van der Waals surface area contributed by atoms with Gasteiger partial charge in [0.05, 0.1) is 11.4 Å². The first-order valence-corrected chi connectivity index (χ1v) is 8.15. The third-order valence-corrected chi connectivity index (χ3v) is 5.06. The summed E-state index contributed by atoms with van der Waals surface area (Å²) in [5.74, 6) is -1.22. The summed E-state index contributed by atoms with van der Waals surface area (Å²) in [6, 6.07) is 7.56. The van der Waals surface area contributed by atoms with Gasteiger partial charge in [-0.15, -0.1) is 0 Å². The fourth-order valence-corrected chi connectivity index (χ4v) is 3.84. The predicted molar refractivity (Wildman–Crippen MR) is 78.6 cm³/mol. The van der Waals surface area contributed by atoms with Crippen molar-refractivity contribution in [1.29, 1.82) is 0 Å². The topological polar surface area (TPSA) is 96.6 Å². The van der Waals surface area contributed by atoms with Crippen LogP contribution < -0.4 is 4.72 Å². The van der Waals surface area contributed by atoms with Crippen LogP contribution in [0.15, 0.2) is 44.1 Å². The van der Waals surface area contributed by atoms with Gasteiger partial charge in [0.15, 0.2) is 0 Å². The number of benzene rings is 1. The lowest BCUT2D eigenvalue weighted by atomic mass is 10.2. The number of rotatable bonds is 5. The Hall–Kier alpha value is -1.64. The van der Waals surface area contributed by atoms with Crippen molar-refractivity contribution in [3.8, 4) is 0 Å². The van der Waals surface area contributed by atoms with Crippen molar-refractivity contribution in [2.75, 3.05) is 0 Å². The molecule has 2 aromatic rings. The molecule has 6 nitrogen and oxygen atoms in total. The minimum absolute atomic E-state index is 0.109. The molecular formula is C13H12BrNO5S. The first kappa shape index (κ1) is 15.7. The number of carbonyl (C=O) groups is 1. The van der Waals surface area contributed by atoms with Gasteiger partial charge < -0.3 is 9.52 Å². The van der Waals surface area contributed by atoms with Crippen LogP contribution in [-0.2, 0) is 16.6 Å². The largest absolute Gasteiger partial charge is 0.475 e. The summed E-state index contributed by atoms with van der Waals surface area (Å²) in [5, 5.41) is 8.73. The third kappa shape index (κ3) is 3.72. The second-order valence-corrected chi connectivity index (χ2v) is 6.92. The number of hydrogen-bond acceptors (Lipinski definition) is 4. The molecule has 0 bridgehead atoms. The molecule has 2 rings (SSSR count). The van der Waals surface area contributed by atoms with Crippen LogP contribution in [0.4, 0.5) is 0 Å². The van der Waals surface area contributed by atoms with E-state index in [2.05, 4.69) is 20.7 Å². The Morgan fingerprint density at radius 3 is 2.62 bits per heavy atom. The van der Waals surface area contributed by atoms with E-state index in [0.29, 0.717) is 4.47 Å². The number of aryl methyl sites for hydroxylation is 1. The third-order valence-electron chi connectivity index (χ3n) is 2.69. The minimum Gasteiger partial charge on any atom is -0.475 e. The highest BCUT2D eigenvalue weighted by Gasteiger charge is 2.18. The molecule has 0 radical (unpaired) electrons. The summed E-state index contributed by atoms with van der Waals surface area (Å²) >= 11 is 3.21. The Kier molecular flexibility index (Phi) is 4.50. The lowest BCUT2D eigenvalue weighted by molar-refractivity contribution is 0.0660. The number of carboxylic acids is 1. The van der Waals surface area contributed by atoms with E-state index in [0.717, 1.165) is 5.56 Å². The van der Waals surface area contributed by atoms with Gasteiger partial charge in [0.1, 0.15) is 5.76 Å². The summed E-state index contributed by atoms with van der Waals surface area (Å²) in [4.78, 5) is 10.8. The van der Waals surface area contributed by atoms with Crippen molar-refractivity contribution < 1.29 is 22.7 Å². The number of furan rings is 1. The van der Waals surface area contributed by atoms with E-state index < -0.39 is 16.0 Å². The van der Waals surface area contributed by atoms with Crippen molar-refractivity contribution in [2.24, 2.45) is 0 Å². The number of hydrogen-bond donors (Lipinski definition) is 2. The maximum Gasteiger partial charge on any atom is 0.371 e. The first-order chi connectivity index (χ1) is 9.79. The van der Waals surface area contributed by atoms with Crippen LogP contribution in [-0.4, -0.2) is 19.5 Å². The number of aromatic carboxylic acids is 1. The van der Waals surface area contributed by atoms with Gasteiger partial charge in [-0.2, -0.15) is 0 Å². The quantitative estimate of drug-likeness (QED) is 0.839. The molecule has 0 saturated heterocycles. The van der Waals surface area contributed by atoms with Gasteiger partial charge in [0.2, 0.25) is 15.8 Å². The molecule has 0 fully saturated rings. The lowest BCUT2D eigenvalue weighted by Gasteiger charge is -2.08. The van der Waals surface area contributed by atoms with E-state index in [1.165, 1.54) is 18.2 Å². The Labute approximate surface area is 130 Å². The smallest absolute Gasteiger partial charge is 0.371 e. The highest BCUT2D eigenvalue weighted by atomic mass is 79.9. The molecule has 21 heavy (non-hydrogen) atoms. The molecule has 0 spiro atoms. The molecule has 112 valence electrons. The SMILES string of the molecule is Cc1ccc(S(=O)(=O)NCc2ccc(C(=O)O)o2)c(Br)c1. The van der Waals surface area contributed by atoms with E-state index in [4.69, 9.17) is 9.52 Å². The molecule has 0 amide bonds. The summed E-state index contributed by atoms with van der Waals surface area (Å²) < 4.78 is 32.2. The number of nitrogens with one attached hydrogen (secondary N) is 1. The number of sulfonamides is 1. The monoisotopic (exact) mass is 373 g/mol. The Balaban J connectivity index is 2.15. The van der Waals surface area contributed by atoms with Crippen molar-refractivity contribution in [1.82, 2.24) is 4.72 Å². The van der Waals surface area contributed by atoms with E-state index in [-0.39, 0.29) is 23.0 Å². The number of carboxylic acid groups (broad SMARTS) is 1. The first-order valence-electron chi connectivity index (χ1n) is 5.87. The van der Waals surface area contributed by atoms with Crippen molar-refractivity contribution >= 4 is 31.9 Å². The summed E-state index contributed by atoms with van der Waals surface area (Å²) in [7, 11) is -3.72. The minimum atomic E-state index is -3.72. The van der Waals surface area contributed by atoms with Gasteiger partial charge in [-0.1, -0.05) is 6.07 Å². The Bertz CT molecular complexity index is 782. The highest BCUT2D eigenvalue weighted by Crippen LogP contribution is 2.23. The van der Waals surface area contributed by atoms with Gasteiger partial charge in [-0.3, -0.25) is 0 Å². The zero-order valence-corrected chi connectivity index (χ0v) is 13.4. The summed E-state index contributed by atoms with van der Waals surface area (Å²) in [6.07, 6.45) is 0. The molecule has 1 aromatic heterocycles.